The zero-order valence-electron chi connectivity index (χ0n) is 47.9. The lowest BCUT2D eigenvalue weighted by atomic mass is 9.96. The van der Waals surface area contributed by atoms with Gasteiger partial charge < -0.3 is 89.9 Å². The molecule has 3 aliphatic rings. The SMILES string of the molecule is CCCC/C=C/C(O)C(COC1OC(CO)C(OC2OC(CO)C(OC3OC(CO)C(O)C(O)C3O)C(O)C2O)C(O)C1O)NC(=O)CCCCCCCCCCCCCCCCCCCCCCCCCCCCCCC. The third kappa shape index (κ3) is 26.8. The summed E-state index contributed by atoms with van der Waals surface area (Å²) in [5, 5.41) is 119. The van der Waals surface area contributed by atoms with Crippen LogP contribution in [0.15, 0.2) is 12.2 Å². The molecule has 78 heavy (non-hydrogen) atoms. The van der Waals surface area contributed by atoms with Crippen molar-refractivity contribution < 1.29 is 89.4 Å². The molecule has 3 rings (SSSR count). The summed E-state index contributed by atoms with van der Waals surface area (Å²) >= 11 is 0. The van der Waals surface area contributed by atoms with Gasteiger partial charge in [-0.25, -0.2) is 0 Å². The maximum absolute atomic E-state index is 13.2. The van der Waals surface area contributed by atoms with E-state index in [0.29, 0.717) is 12.8 Å². The Hall–Kier alpha value is -1.47. The largest absolute Gasteiger partial charge is 0.394 e. The lowest BCUT2D eigenvalue weighted by Crippen LogP contribution is -2.66. The van der Waals surface area contributed by atoms with Crippen molar-refractivity contribution in [2.45, 2.75) is 330 Å². The standard InChI is InChI=1S/C59H111NO18/c1-3-5-7-9-10-11-12-13-14-15-16-17-18-19-20-21-22-23-24-25-26-27-28-29-30-31-32-33-35-37-47(65)60-42(43(64)36-34-8-6-4-2)41-73-57-53(71)50(68)55(45(39-62)75-57)78-59-54(72)51(69)56(46(40-63)76-59)77-58-52(70)49(67)48(66)44(38-61)74-58/h34,36,42-46,48-59,61-64,66-72H,3-33,35,37-41H2,1-2H3,(H,60,65)/b36-34+. The highest BCUT2D eigenvalue weighted by molar-refractivity contribution is 5.76. The summed E-state index contributed by atoms with van der Waals surface area (Å²) in [5.74, 6) is -0.281. The van der Waals surface area contributed by atoms with Gasteiger partial charge in [-0.2, -0.15) is 0 Å². The summed E-state index contributed by atoms with van der Waals surface area (Å²) in [6.45, 7) is 1.56. The molecule has 3 fully saturated rings. The van der Waals surface area contributed by atoms with Crippen LogP contribution in [0.2, 0.25) is 0 Å². The molecule has 0 spiro atoms. The molecule has 0 aromatic heterocycles. The maximum atomic E-state index is 13.2. The predicted octanol–water partition coefficient (Wildman–Crippen LogP) is 5.77. The van der Waals surface area contributed by atoms with Crippen LogP contribution in [-0.2, 0) is 33.2 Å². The topological polar surface area (TPSA) is 307 Å². The summed E-state index contributed by atoms with van der Waals surface area (Å²) < 4.78 is 34.0. The number of amides is 1. The number of ether oxygens (including phenoxy) is 6. The number of aliphatic hydroxyl groups is 11. The van der Waals surface area contributed by atoms with Crippen molar-refractivity contribution in [3.8, 4) is 0 Å². The normalized spacial score (nSPS) is 30.5. The minimum atomic E-state index is -1.97. The van der Waals surface area contributed by atoms with Gasteiger partial charge in [0.2, 0.25) is 5.91 Å². The van der Waals surface area contributed by atoms with Crippen LogP contribution >= 0.6 is 0 Å². The molecule has 19 heteroatoms. The van der Waals surface area contributed by atoms with E-state index in [0.717, 1.165) is 32.1 Å². The number of nitrogens with one attached hydrogen (secondary N) is 1. The fourth-order valence-electron chi connectivity index (χ4n) is 10.7. The Morgan fingerprint density at radius 2 is 0.795 bits per heavy atom. The van der Waals surface area contributed by atoms with Crippen LogP contribution in [-0.4, -0.2) is 193 Å². The number of unbranched alkanes of at least 4 members (excludes halogenated alkanes) is 30. The Balaban J connectivity index is 1.30. The molecule has 3 saturated heterocycles. The van der Waals surface area contributed by atoms with Gasteiger partial charge in [-0.05, 0) is 12.8 Å². The van der Waals surface area contributed by atoms with E-state index in [9.17, 15) is 61.0 Å². The first-order valence-electron chi connectivity index (χ1n) is 30.9. The highest BCUT2D eigenvalue weighted by Crippen LogP contribution is 2.33. The number of rotatable bonds is 46. The predicted molar refractivity (Wildman–Crippen MR) is 296 cm³/mol. The van der Waals surface area contributed by atoms with Gasteiger partial charge in [0.1, 0.15) is 73.2 Å². The van der Waals surface area contributed by atoms with Crippen LogP contribution in [0.3, 0.4) is 0 Å². The van der Waals surface area contributed by atoms with E-state index in [-0.39, 0.29) is 18.9 Å². The Labute approximate surface area is 467 Å². The molecule has 0 aromatic carbocycles. The molecule has 460 valence electrons. The van der Waals surface area contributed by atoms with E-state index in [1.54, 1.807) is 6.08 Å². The van der Waals surface area contributed by atoms with Crippen LogP contribution in [0.5, 0.6) is 0 Å². The molecule has 3 heterocycles. The van der Waals surface area contributed by atoms with Gasteiger partial charge in [0.05, 0.1) is 38.6 Å². The van der Waals surface area contributed by atoms with Gasteiger partial charge >= 0.3 is 0 Å². The quantitative estimate of drug-likeness (QED) is 0.0254. The summed E-state index contributed by atoms with van der Waals surface area (Å²) in [6.07, 6.45) is 17.6. The first kappa shape index (κ1) is 70.8. The van der Waals surface area contributed by atoms with Crippen molar-refractivity contribution >= 4 is 5.91 Å². The number of carbonyl (C=O) groups excluding carboxylic acids is 1. The van der Waals surface area contributed by atoms with Gasteiger partial charge in [-0.3, -0.25) is 4.79 Å². The van der Waals surface area contributed by atoms with E-state index in [2.05, 4.69) is 12.2 Å². The fraction of sp³-hybridized carbons (Fsp3) is 0.949. The average Bonchev–Trinajstić information content (AvgIpc) is 3.44. The summed E-state index contributed by atoms with van der Waals surface area (Å²) in [5.41, 5.74) is 0. The van der Waals surface area contributed by atoms with E-state index < -0.39 is 124 Å². The minimum Gasteiger partial charge on any atom is -0.394 e. The zero-order chi connectivity index (χ0) is 56.9. The molecule has 12 N–H and O–H groups in total. The van der Waals surface area contributed by atoms with Crippen molar-refractivity contribution in [3.63, 3.8) is 0 Å². The van der Waals surface area contributed by atoms with Gasteiger partial charge in [-0.1, -0.05) is 219 Å². The minimum absolute atomic E-state index is 0.247. The molecule has 17 unspecified atom stereocenters. The van der Waals surface area contributed by atoms with Gasteiger partial charge in [0.15, 0.2) is 18.9 Å². The van der Waals surface area contributed by atoms with Gasteiger partial charge in [0.25, 0.3) is 0 Å². The molecule has 3 aliphatic heterocycles. The van der Waals surface area contributed by atoms with Gasteiger partial charge in [-0.15, -0.1) is 0 Å². The Morgan fingerprint density at radius 1 is 0.449 bits per heavy atom. The van der Waals surface area contributed by atoms with E-state index in [1.165, 1.54) is 161 Å². The maximum Gasteiger partial charge on any atom is 0.220 e. The van der Waals surface area contributed by atoms with Crippen molar-refractivity contribution in [1.29, 1.82) is 0 Å². The van der Waals surface area contributed by atoms with Crippen molar-refractivity contribution in [2.24, 2.45) is 0 Å². The summed E-state index contributed by atoms with van der Waals surface area (Å²) in [4.78, 5) is 13.2. The molecule has 17 atom stereocenters. The highest BCUT2D eigenvalue weighted by Gasteiger charge is 2.53. The van der Waals surface area contributed by atoms with Crippen molar-refractivity contribution in [2.75, 3.05) is 26.4 Å². The average molecular weight is 1120 g/mol. The second-order valence-electron chi connectivity index (χ2n) is 22.5. The van der Waals surface area contributed by atoms with Crippen molar-refractivity contribution in [3.05, 3.63) is 12.2 Å². The zero-order valence-corrected chi connectivity index (χ0v) is 47.9. The number of hydrogen-bond acceptors (Lipinski definition) is 18. The molecule has 0 aromatic rings. The van der Waals surface area contributed by atoms with Crippen LogP contribution < -0.4 is 5.32 Å². The first-order chi connectivity index (χ1) is 37.8. The van der Waals surface area contributed by atoms with Crippen molar-refractivity contribution in [1.82, 2.24) is 5.32 Å². The third-order valence-corrected chi connectivity index (χ3v) is 15.8. The van der Waals surface area contributed by atoms with Crippen LogP contribution in [0.25, 0.3) is 0 Å². The summed E-state index contributed by atoms with van der Waals surface area (Å²) in [7, 11) is 0. The molecule has 0 radical (unpaired) electrons. The van der Waals surface area contributed by atoms with Crippen LogP contribution in [0.4, 0.5) is 0 Å². The lowest BCUT2D eigenvalue weighted by Gasteiger charge is -2.48. The van der Waals surface area contributed by atoms with E-state index in [4.69, 9.17) is 28.4 Å². The molecule has 0 bridgehead atoms. The second-order valence-corrected chi connectivity index (χ2v) is 22.5. The monoisotopic (exact) mass is 1120 g/mol. The van der Waals surface area contributed by atoms with Gasteiger partial charge in [0, 0.05) is 6.42 Å². The van der Waals surface area contributed by atoms with E-state index >= 15 is 0 Å². The number of carbonyl (C=O) groups is 1. The number of aliphatic hydroxyl groups excluding tert-OH is 11. The highest BCUT2D eigenvalue weighted by atomic mass is 16.8. The molecule has 19 nitrogen and oxygen atoms in total. The van der Waals surface area contributed by atoms with Crippen LogP contribution in [0.1, 0.15) is 226 Å². The Kier molecular flexibility index (Phi) is 39.2. The molecular weight excluding hydrogens is 1010 g/mol. The Bertz CT molecular complexity index is 1480. The van der Waals surface area contributed by atoms with Crippen LogP contribution in [0, 0.1) is 0 Å². The first-order valence-corrected chi connectivity index (χ1v) is 30.9. The Morgan fingerprint density at radius 3 is 1.19 bits per heavy atom. The second kappa shape index (κ2) is 43.2. The molecule has 1 amide bonds. The third-order valence-electron chi connectivity index (χ3n) is 15.8. The molecule has 0 saturated carbocycles. The fourth-order valence-corrected chi connectivity index (χ4v) is 10.7. The number of allylic oxidation sites excluding steroid dienone is 1. The molecular formula is C59H111NO18. The summed E-state index contributed by atoms with van der Waals surface area (Å²) in [6, 6.07) is -0.964. The molecule has 0 aliphatic carbocycles. The van der Waals surface area contributed by atoms with E-state index in [1.807, 2.05) is 13.0 Å². The number of hydrogen-bond donors (Lipinski definition) is 12. The lowest BCUT2D eigenvalue weighted by molar-refractivity contribution is -0.379. The smallest absolute Gasteiger partial charge is 0.220 e.